The van der Waals surface area contributed by atoms with Crippen LogP contribution in [0.4, 0.5) is 13.2 Å². The first-order valence-electron chi connectivity index (χ1n) is 17.9. The fourth-order valence-electron chi connectivity index (χ4n) is 9.67. The molecule has 0 radical (unpaired) electrons. The minimum atomic E-state index is -4.19. The molecule has 0 aromatic carbocycles. The van der Waals surface area contributed by atoms with Crippen molar-refractivity contribution >= 4 is 12.6 Å². The van der Waals surface area contributed by atoms with Crippen molar-refractivity contribution in [3.63, 3.8) is 0 Å². The van der Waals surface area contributed by atoms with Gasteiger partial charge in [-0.05, 0) is 82.3 Å². The average molecular weight is 630 g/mol. The number of nitrogens with zero attached hydrogens (tertiary/aromatic N) is 2. The van der Waals surface area contributed by atoms with Gasteiger partial charge in [-0.15, -0.1) is 0 Å². The number of nitrogens with one attached hydrogen (secondary N) is 3. The number of halogens is 3. The molecule has 0 aromatic rings. The van der Waals surface area contributed by atoms with Gasteiger partial charge in [0.2, 0.25) is 0 Å². The van der Waals surface area contributed by atoms with E-state index in [-0.39, 0.29) is 12.0 Å². The van der Waals surface area contributed by atoms with Crippen LogP contribution in [0.25, 0.3) is 0 Å². The van der Waals surface area contributed by atoms with E-state index in [1.54, 1.807) is 6.26 Å². The third-order valence-corrected chi connectivity index (χ3v) is 11.7. The van der Waals surface area contributed by atoms with Crippen LogP contribution in [0.5, 0.6) is 0 Å². The molecule has 0 spiro atoms. The van der Waals surface area contributed by atoms with Gasteiger partial charge in [-0.2, -0.15) is 25.8 Å². The van der Waals surface area contributed by atoms with Crippen LogP contribution in [-0.2, 0) is 0 Å². The topological polar surface area (TPSA) is 42.6 Å². The van der Waals surface area contributed by atoms with Crippen LogP contribution in [0.1, 0.15) is 105 Å². The Balaban J connectivity index is 0.000000666. The van der Waals surface area contributed by atoms with Crippen LogP contribution in [0.3, 0.4) is 0 Å². The Morgan fingerprint density at radius 3 is 2.02 bits per heavy atom. The summed E-state index contributed by atoms with van der Waals surface area (Å²) >= 11 is 3.53. The zero-order valence-electron chi connectivity index (χ0n) is 27.6. The molecule has 8 unspecified atom stereocenters. The fraction of sp³-hybridized carbons (Fsp3) is 0.941. The molecule has 4 saturated heterocycles. The minimum absolute atomic E-state index is 0.0775. The Kier molecular flexibility index (Phi) is 13.1. The lowest BCUT2D eigenvalue weighted by Crippen LogP contribution is -2.57. The molecule has 0 aromatic heterocycles. The van der Waals surface area contributed by atoms with Crippen molar-refractivity contribution in [3.05, 3.63) is 12.3 Å². The average Bonchev–Trinajstić information content (AvgIpc) is 3.75. The summed E-state index contributed by atoms with van der Waals surface area (Å²) in [5, 5.41) is 8.94. The molecule has 4 aliphatic heterocycles. The molecule has 7 fully saturated rings. The predicted molar refractivity (Wildman–Crippen MR) is 176 cm³/mol. The molecule has 3 saturated carbocycles. The maximum absolute atomic E-state index is 13.7. The second-order valence-corrected chi connectivity index (χ2v) is 13.6. The van der Waals surface area contributed by atoms with E-state index >= 15 is 0 Å². The second kappa shape index (κ2) is 15.9. The Morgan fingerprint density at radius 2 is 1.40 bits per heavy atom. The van der Waals surface area contributed by atoms with E-state index in [9.17, 15) is 13.2 Å². The van der Waals surface area contributed by atoms with E-state index in [0.717, 1.165) is 37.0 Å². The monoisotopic (exact) mass is 629 g/mol. The van der Waals surface area contributed by atoms with E-state index < -0.39 is 18.1 Å². The number of hydrazine groups is 1. The fourth-order valence-corrected chi connectivity index (χ4v) is 9.67. The molecular formula is C34H62F3N5S. The summed E-state index contributed by atoms with van der Waals surface area (Å²) < 4.78 is 41.1. The number of piperidine rings is 2. The molecule has 8 atom stereocenters. The van der Waals surface area contributed by atoms with Gasteiger partial charge in [-0.3, -0.25) is 5.43 Å². The van der Waals surface area contributed by atoms with Crippen LogP contribution in [0, 0.1) is 29.6 Å². The molecule has 9 heteroatoms. The maximum atomic E-state index is 13.7. The number of hydrogen-bond donors (Lipinski definition) is 4. The van der Waals surface area contributed by atoms with Crippen molar-refractivity contribution < 1.29 is 13.2 Å². The number of fused-ring (bicyclic) bond motifs is 1. The van der Waals surface area contributed by atoms with E-state index in [4.69, 9.17) is 0 Å². The standard InChI is InChI=1S/C29H46F3N5.2C2H6.CH4S/c1-17(20-14-22-24(33-15-20)16-34-28(22)29(30,31)32)36-13-12-26-27-23(4-2-3-5-25(27)36)35-37(26)21-10-8-19(9-11-21)18-6-7-18;3*1-2/h18-28,33-35H,1-16H2;2*1-2H3;2H,1H3. The van der Waals surface area contributed by atoms with Crippen LogP contribution in [-0.4, -0.2) is 78.2 Å². The molecular weight excluding hydrogens is 567 g/mol. The van der Waals surface area contributed by atoms with E-state index in [2.05, 4.69) is 45.2 Å². The summed E-state index contributed by atoms with van der Waals surface area (Å²) in [6, 6.07) is 0.814. The highest BCUT2D eigenvalue weighted by molar-refractivity contribution is 7.79. The molecule has 3 aliphatic carbocycles. The maximum Gasteiger partial charge on any atom is 0.404 e. The van der Waals surface area contributed by atoms with Gasteiger partial charge in [-0.25, -0.2) is 5.01 Å². The van der Waals surface area contributed by atoms with Crippen molar-refractivity contribution in [1.29, 1.82) is 0 Å². The highest BCUT2D eigenvalue weighted by Gasteiger charge is 2.55. The highest BCUT2D eigenvalue weighted by Crippen LogP contribution is 2.48. The lowest BCUT2D eigenvalue weighted by molar-refractivity contribution is -0.163. The van der Waals surface area contributed by atoms with Gasteiger partial charge in [-0.1, -0.05) is 47.1 Å². The summed E-state index contributed by atoms with van der Waals surface area (Å²) in [5.74, 6) is 2.32. The molecule has 0 bridgehead atoms. The van der Waals surface area contributed by atoms with Gasteiger partial charge < -0.3 is 15.5 Å². The van der Waals surface area contributed by atoms with Gasteiger partial charge >= 0.3 is 6.18 Å². The predicted octanol–water partition coefficient (Wildman–Crippen LogP) is 7.02. The van der Waals surface area contributed by atoms with E-state index in [1.165, 1.54) is 64.2 Å². The van der Waals surface area contributed by atoms with Crippen LogP contribution >= 0.6 is 12.6 Å². The number of likely N-dealkylation sites (tertiary alicyclic amines) is 1. The zero-order chi connectivity index (χ0) is 31.3. The Hall–Kier alpha value is -0.480. The molecule has 5 nitrogen and oxygen atoms in total. The van der Waals surface area contributed by atoms with Crippen molar-refractivity contribution in [2.24, 2.45) is 29.6 Å². The van der Waals surface area contributed by atoms with Crippen molar-refractivity contribution in [1.82, 2.24) is 26.0 Å². The number of thiol groups is 1. The summed E-state index contributed by atoms with van der Waals surface area (Å²) in [5.41, 5.74) is 5.16. The van der Waals surface area contributed by atoms with Gasteiger partial charge in [0.25, 0.3) is 0 Å². The van der Waals surface area contributed by atoms with Gasteiger partial charge in [0.1, 0.15) is 6.04 Å². The first-order chi connectivity index (χ1) is 20.9. The molecule has 4 heterocycles. The lowest BCUT2D eigenvalue weighted by Gasteiger charge is -2.50. The Labute approximate surface area is 266 Å². The van der Waals surface area contributed by atoms with Crippen molar-refractivity contribution in [2.45, 2.75) is 147 Å². The largest absolute Gasteiger partial charge is 0.404 e. The van der Waals surface area contributed by atoms with Crippen LogP contribution in [0.15, 0.2) is 12.3 Å². The zero-order valence-corrected chi connectivity index (χ0v) is 28.5. The summed E-state index contributed by atoms with van der Waals surface area (Å²) in [6.07, 6.45) is 12.6. The highest BCUT2D eigenvalue weighted by atomic mass is 32.1. The summed E-state index contributed by atoms with van der Waals surface area (Å²) in [7, 11) is 0. The molecule has 7 rings (SSSR count). The summed E-state index contributed by atoms with van der Waals surface area (Å²) in [6.45, 7) is 14.7. The SMILES string of the molecule is C=C(C1CNC2CNC(C(F)(F)F)C2C1)N1CCC2C3C(CCCCC31)NN2C1CCC(C2CC2)CC1.CC.CC.CS. The third-order valence-electron chi connectivity index (χ3n) is 11.7. The third kappa shape index (κ3) is 7.58. The van der Waals surface area contributed by atoms with Crippen LogP contribution < -0.4 is 16.1 Å². The summed E-state index contributed by atoms with van der Waals surface area (Å²) in [4.78, 5) is 2.58. The minimum Gasteiger partial charge on any atom is -0.372 e. The molecule has 0 amide bonds. The molecule has 3 N–H and O–H groups in total. The normalized spacial score (nSPS) is 40.7. The van der Waals surface area contributed by atoms with E-state index in [0.29, 0.717) is 43.1 Å². The van der Waals surface area contributed by atoms with Crippen LogP contribution in [0.2, 0.25) is 0 Å². The smallest absolute Gasteiger partial charge is 0.372 e. The van der Waals surface area contributed by atoms with Crippen molar-refractivity contribution in [3.8, 4) is 0 Å². The molecule has 250 valence electrons. The first kappa shape index (κ1) is 35.4. The molecule has 7 aliphatic rings. The Morgan fingerprint density at radius 1 is 0.767 bits per heavy atom. The quantitative estimate of drug-likeness (QED) is 0.252. The van der Waals surface area contributed by atoms with Gasteiger partial charge in [0.05, 0.1) is 0 Å². The number of rotatable bonds is 4. The molecule has 43 heavy (non-hydrogen) atoms. The van der Waals surface area contributed by atoms with Gasteiger partial charge in [0, 0.05) is 73.3 Å². The number of hydrogen-bond acceptors (Lipinski definition) is 6. The second-order valence-electron chi connectivity index (χ2n) is 13.6. The van der Waals surface area contributed by atoms with Gasteiger partial charge in [0.15, 0.2) is 0 Å². The van der Waals surface area contributed by atoms with Crippen molar-refractivity contribution in [2.75, 3.05) is 25.9 Å². The lowest BCUT2D eigenvalue weighted by atomic mass is 9.76. The Bertz CT molecular complexity index is 861. The van der Waals surface area contributed by atoms with E-state index in [1.807, 2.05) is 27.7 Å². The number of alkyl halides is 3. The first-order valence-corrected chi connectivity index (χ1v) is 18.8.